The monoisotopic (exact) mass is 384 g/mol. The van der Waals surface area contributed by atoms with Crippen LogP contribution in [0.4, 0.5) is 0 Å². The van der Waals surface area contributed by atoms with Crippen molar-refractivity contribution in [3.63, 3.8) is 0 Å². The number of esters is 1. The maximum absolute atomic E-state index is 12.0. The molecule has 0 aromatic carbocycles. The highest BCUT2D eigenvalue weighted by Gasteiger charge is 2.24. The lowest BCUT2D eigenvalue weighted by molar-refractivity contribution is -0.873. The molecule has 0 amide bonds. The number of quaternary nitrogens is 1. The number of aliphatic carboxylic acids is 1. The number of rotatable bonds is 15. The number of carboxylic acids is 1. The second-order valence-electron chi connectivity index (χ2n) is 7.90. The summed E-state index contributed by atoms with van der Waals surface area (Å²) < 4.78 is 5.87. The van der Waals surface area contributed by atoms with Crippen LogP contribution >= 0.6 is 0 Å². The van der Waals surface area contributed by atoms with E-state index in [9.17, 15) is 14.7 Å². The number of likely N-dealkylation sites (N-methyl/N-ethyl adjacent to an activating group) is 1. The summed E-state index contributed by atoms with van der Waals surface area (Å²) in [6.07, 6.45) is 11.8. The molecule has 0 aromatic heterocycles. The van der Waals surface area contributed by atoms with Gasteiger partial charge in [-0.25, -0.2) is 0 Å². The number of hydrogen-bond acceptors (Lipinski definition) is 4. The van der Waals surface area contributed by atoms with Gasteiger partial charge in [-0.05, 0) is 32.1 Å². The molecule has 0 radical (unpaired) electrons. The maximum Gasteiger partial charge on any atom is 0.307 e. The topological polar surface area (TPSA) is 83.8 Å². The fraction of sp³-hybridized carbons (Fsp3) is 0.714. The summed E-state index contributed by atoms with van der Waals surface area (Å²) in [7, 11) is 5.79. The fourth-order valence-electron chi connectivity index (χ4n) is 2.65. The van der Waals surface area contributed by atoms with Crippen LogP contribution in [0.1, 0.15) is 58.3 Å². The molecule has 0 aliphatic heterocycles. The van der Waals surface area contributed by atoms with E-state index in [4.69, 9.17) is 9.84 Å². The average molecular weight is 385 g/mol. The highest BCUT2D eigenvalue weighted by molar-refractivity contribution is 5.71. The smallest absolute Gasteiger partial charge is 0.307 e. The van der Waals surface area contributed by atoms with E-state index in [1.165, 1.54) is 0 Å². The number of unbranched alkanes of at least 4 members (excludes halogenated alkanes) is 1. The van der Waals surface area contributed by atoms with Crippen molar-refractivity contribution in [3.05, 3.63) is 24.3 Å². The Bertz CT molecular complexity index is 479. The summed E-state index contributed by atoms with van der Waals surface area (Å²) in [6.45, 7) is 2.55. The number of aliphatic hydroxyl groups excluding tert-OH is 1. The lowest BCUT2D eigenvalue weighted by Crippen LogP contribution is -2.43. The molecule has 156 valence electrons. The molecule has 0 aromatic rings. The molecule has 6 nitrogen and oxygen atoms in total. The normalized spacial score (nSPS) is 14.6. The van der Waals surface area contributed by atoms with Crippen molar-refractivity contribution in [2.45, 2.75) is 70.5 Å². The van der Waals surface area contributed by atoms with E-state index >= 15 is 0 Å². The molecule has 27 heavy (non-hydrogen) atoms. The van der Waals surface area contributed by atoms with E-state index in [-0.39, 0.29) is 18.8 Å². The van der Waals surface area contributed by atoms with E-state index in [1.807, 2.05) is 33.3 Å². The predicted octanol–water partition coefficient (Wildman–Crippen LogP) is 3.30. The van der Waals surface area contributed by atoms with Crippen molar-refractivity contribution in [1.82, 2.24) is 0 Å². The first-order valence-electron chi connectivity index (χ1n) is 9.83. The van der Waals surface area contributed by atoms with Crippen LogP contribution in [0.3, 0.4) is 0 Å². The second kappa shape index (κ2) is 14.4. The molecule has 0 aliphatic carbocycles. The Kier molecular flexibility index (Phi) is 13.5. The molecular formula is C21H38NO5+. The van der Waals surface area contributed by atoms with Gasteiger partial charge in [-0.2, -0.15) is 0 Å². The molecule has 2 atom stereocenters. The number of ether oxygens (including phenoxy) is 1. The molecule has 0 saturated heterocycles. The SMILES string of the molecule is CC/C=C/C/C=C/CC(O)CCCCC(=O)OC(CC(=O)O)C[N+](C)(C)C. The Morgan fingerprint density at radius 3 is 2.33 bits per heavy atom. The third kappa shape index (κ3) is 17.5. The van der Waals surface area contributed by atoms with Crippen molar-refractivity contribution in [2.24, 2.45) is 0 Å². The van der Waals surface area contributed by atoms with Gasteiger partial charge in [-0.3, -0.25) is 9.59 Å². The Labute approximate surface area is 164 Å². The minimum Gasteiger partial charge on any atom is -0.481 e. The molecule has 0 aliphatic rings. The lowest BCUT2D eigenvalue weighted by atomic mass is 10.1. The third-order valence-electron chi connectivity index (χ3n) is 3.87. The summed E-state index contributed by atoms with van der Waals surface area (Å²) in [6, 6.07) is 0. The number of carboxylic acid groups (broad SMARTS) is 1. The zero-order chi connectivity index (χ0) is 20.7. The zero-order valence-corrected chi connectivity index (χ0v) is 17.4. The zero-order valence-electron chi connectivity index (χ0n) is 17.4. The molecule has 6 heteroatoms. The second-order valence-corrected chi connectivity index (χ2v) is 7.90. The molecule has 0 saturated carbocycles. The molecule has 0 rings (SSSR count). The molecule has 0 fully saturated rings. The number of allylic oxidation sites excluding steroid dienone is 3. The van der Waals surface area contributed by atoms with Crippen LogP contribution in [-0.2, 0) is 14.3 Å². The van der Waals surface area contributed by atoms with E-state index in [2.05, 4.69) is 19.1 Å². The van der Waals surface area contributed by atoms with Crippen molar-refractivity contribution in [3.8, 4) is 0 Å². The Hall–Kier alpha value is -1.66. The van der Waals surface area contributed by atoms with E-state index in [0.717, 1.165) is 19.3 Å². The standard InChI is InChI=1S/C21H37NO5/c1-5-6-7-8-9-10-13-18(23)14-11-12-15-21(26)27-19(16-20(24)25)17-22(2,3)4/h6-7,9-10,18-19,23H,5,8,11-17H2,1-4H3/p+1/b7-6+,10-9+. The van der Waals surface area contributed by atoms with E-state index in [0.29, 0.717) is 30.3 Å². The first kappa shape index (κ1) is 25.3. The first-order chi connectivity index (χ1) is 12.6. The number of nitrogens with zero attached hydrogens (tertiary/aromatic N) is 1. The predicted molar refractivity (Wildman–Crippen MR) is 107 cm³/mol. The van der Waals surface area contributed by atoms with E-state index in [1.54, 1.807) is 0 Å². The Balaban J connectivity index is 4.02. The molecule has 0 bridgehead atoms. The van der Waals surface area contributed by atoms with Crippen molar-refractivity contribution in [1.29, 1.82) is 0 Å². The van der Waals surface area contributed by atoms with Crippen LogP contribution in [-0.4, -0.2) is 66.5 Å². The van der Waals surface area contributed by atoms with Gasteiger partial charge in [0.2, 0.25) is 0 Å². The molecular weight excluding hydrogens is 346 g/mol. The summed E-state index contributed by atoms with van der Waals surface area (Å²) in [5, 5.41) is 18.9. The largest absolute Gasteiger partial charge is 0.481 e. The maximum atomic E-state index is 12.0. The highest BCUT2D eigenvalue weighted by atomic mass is 16.5. The molecule has 0 heterocycles. The van der Waals surface area contributed by atoms with E-state index < -0.39 is 18.2 Å². The van der Waals surface area contributed by atoms with Gasteiger partial charge in [0.05, 0.1) is 33.7 Å². The van der Waals surface area contributed by atoms with Crippen molar-refractivity contribution < 1.29 is 29.0 Å². The highest BCUT2D eigenvalue weighted by Crippen LogP contribution is 2.11. The quantitative estimate of drug-likeness (QED) is 0.196. The van der Waals surface area contributed by atoms with Crippen LogP contribution in [0.25, 0.3) is 0 Å². The third-order valence-corrected chi connectivity index (χ3v) is 3.87. The number of carbonyl (C=O) groups is 2. The fourth-order valence-corrected chi connectivity index (χ4v) is 2.65. The summed E-state index contributed by atoms with van der Waals surface area (Å²) in [5.74, 6) is -1.34. The summed E-state index contributed by atoms with van der Waals surface area (Å²) in [5.41, 5.74) is 0. The van der Waals surface area contributed by atoms with Crippen LogP contribution in [0.2, 0.25) is 0 Å². The van der Waals surface area contributed by atoms with Crippen LogP contribution in [0, 0.1) is 0 Å². The van der Waals surface area contributed by atoms with Gasteiger partial charge in [0.15, 0.2) is 6.10 Å². The van der Waals surface area contributed by atoms with Gasteiger partial charge < -0.3 is 19.4 Å². The van der Waals surface area contributed by atoms with Crippen molar-refractivity contribution >= 4 is 11.9 Å². The van der Waals surface area contributed by atoms with Gasteiger partial charge in [-0.15, -0.1) is 0 Å². The van der Waals surface area contributed by atoms with Gasteiger partial charge in [0.1, 0.15) is 6.54 Å². The summed E-state index contributed by atoms with van der Waals surface area (Å²) >= 11 is 0. The molecule has 2 unspecified atom stereocenters. The van der Waals surface area contributed by atoms with Crippen LogP contribution in [0.15, 0.2) is 24.3 Å². The Morgan fingerprint density at radius 2 is 1.74 bits per heavy atom. The van der Waals surface area contributed by atoms with Gasteiger partial charge in [0, 0.05) is 6.42 Å². The van der Waals surface area contributed by atoms with Gasteiger partial charge >= 0.3 is 11.9 Å². The first-order valence-corrected chi connectivity index (χ1v) is 9.83. The lowest BCUT2D eigenvalue weighted by Gasteiger charge is -2.28. The summed E-state index contributed by atoms with van der Waals surface area (Å²) in [4.78, 5) is 22.9. The number of aliphatic hydroxyl groups is 1. The van der Waals surface area contributed by atoms with Gasteiger partial charge in [-0.1, -0.05) is 37.6 Å². The van der Waals surface area contributed by atoms with Gasteiger partial charge in [0.25, 0.3) is 0 Å². The number of hydrogen-bond donors (Lipinski definition) is 2. The van der Waals surface area contributed by atoms with Crippen LogP contribution < -0.4 is 0 Å². The minimum atomic E-state index is -0.970. The minimum absolute atomic E-state index is 0.181. The average Bonchev–Trinajstić information content (AvgIpc) is 2.52. The van der Waals surface area contributed by atoms with Crippen molar-refractivity contribution in [2.75, 3.05) is 27.7 Å². The van der Waals surface area contributed by atoms with Crippen LogP contribution in [0.5, 0.6) is 0 Å². The molecule has 0 spiro atoms. The number of carbonyl (C=O) groups excluding carboxylic acids is 1. The Morgan fingerprint density at radius 1 is 1.07 bits per heavy atom. The molecule has 2 N–H and O–H groups in total.